The maximum atomic E-state index is 10.6. The molecule has 0 unspecified atom stereocenters. The molecule has 1 saturated heterocycles. The van der Waals surface area contributed by atoms with Crippen molar-refractivity contribution in [1.29, 1.82) is 0 Å². The number of rotatable bonds is 2. The van der Waals surface area contributed by atoms with Gasteiger partial charge in [-0.15, -0.1) is 0 Å². The molecule has 2 rings (SSSR count). The topological polar surface area (TPSA) is 20.3 Å². The Balaban J connectivity index is 2.33. The van der Waals surface area contributed by atoms with Crippen molar-refractivity contribution >= 4 is 12.0 Å². The van der Waals surface area contributed by atoms with Crippen LogP contribution < -0.4 is 4.90 Å². The summed E-state index contributed by atoms with van der Waals surface area (Å²) >= 11 is 0. The van der Waals surface area contributed by atoms with E-state index in [9.17, 15) is 4.79 Å². The molecule has 0 bridgehead atoms. The summed E-state index contributed by atoms with van der Waals surface area (Å²) in [6.07, 6.45) is 2.17. The summed E-state index contributed by atoms with van der Waals surface area (Å²) in [6.45, 7) is 2.18. The van der Waals surface area contributed by atoms with Gasteiger partial charge in [0.25, 0.3) is 0 Å². The molecule has 62 valence electrons. The van der Waals surface area contributed by atoms with Crippen molar-refractivity contribution in [2.45, 2.75) is 6.42 Å². The number of nitrogens with zero attached hydrogens (tertiary/aromatic N) is 1. The zero-order valence-electron chi connectivity index (χ0n) is 6.86. The van der Waals surface area contributed by atoms with E-state index in [-0.39, 0.29) is 0 Å². The molecule has 0 radical (unpaired) electrons. The van der Waals surface area contributed by atoms with Crippen LogP contribution in [0.3, 0.4) is 0 Å². The fraction of sp³-hybridized carbons (Fsp3) is 0.300. The van der Waals surface area contributed by atoms with E-state index in [1.807, 2.05) is 24.3 Å². The molecule has 0 N–H and O–H groups in total. The van der Waals surface area contributed by atoms with Gasteiger partial charge in [-0.25, -0.2) is 0 Å². The smallest absolute Gasteiger partial charge is 0.152 e. The maximum absolute atomic E-state index is 10.6. The Bertz CT molecular complexity index is 292. The van der Waals surface area contributed by atoms with Crippen LogP contribution in [0.5, 0.6) is 0 Å². The molecule has 1 fully saturated rings. The lowest BCUT2D eigenvalue weighted by Gasteiger charge is -2.33. The van der Waals surface area contributed by atoms with Gasteiger partial charge in [0.15, 0.2) is 6.29 Å². The Hall–Kier alpha value is -1.31. The predicted molar refractivity (Wildman–Crippen MR) is 48.7 cm³/mol. The average Bonchev–Trinajstić information content (AvgIpc) is 2.02. The highest BCUT2D eigenvalue weighted by Gasteiger charge is 2.16. The highest BCUT2D eigenvalue weighted by molar-refractivity contribution is 5.84. The van der Waals surface area contributed by atoms with Gasteiger partial charge < -0.3 is 4.90 Å². The van der Waals surface area contributed by atoms with Gasteiger partial charge in [-0.3, -0.25) is 4.79 Å². The van der Waals surface area contributed by atoms with Crippen molar-refractivity contribution in [3.05, 3.63) is 29.8 Å². The average molecular weight is 161 g/mol. The van der Waals surface area contributed by atoms with Crippen molar-refractivity contribution in [3.63, 3.8) is 0 Å². The summed E-state index contributed by atoms with van der Waals surface area (Å²) in [5, 5.41) is 0. The lowest BCUT2D eigenvalue weighted by atomic mass is 10.1. The first-order valence-electron chi connectivity index (χ1n) is 4.21. The van der Waals surface area contributed by atoms with Gasteiger partial charge in [-0.1, -0.05) is 12.1 Å². The minimum atomic E-state index is 0.803. The van der Waals surface area contributed by atoms with Crippen LogP contribution in [-0.4, -0.2) is 19.4 Å². The summed E-state index contributed by atoms with van der Waals surface area (Å²) in [6, 6.07) is 7.73. The van der Waals surface area contributed by atoms with Gasteiger partial charge >= 0.3 is 0 Å². The van der Waals surface area contributed by atoms with Crippen LogP contribution in [0.2, 0.25) is 0 Å². The van der Waals surface area contributed by atoms with Gasteiger partial charge in [0, 0.05) is 24.3 Å². The largest absolute Gasteiger partial charge is 0.371 e. The van der Waals surface area contributed by atoms with E-state index in [0.29, 0.717) is 0 Å². The first kappa shape index (κ1) is 7.35. The highest BCUT2D eigenvalue weighted by Crippen LogP contribution is 2.23. The maximum Gasteiger partial charge on any atom is 0.152 e. The van der Waals surface area contributed by atoms with Crippen molar-refractivity contribution in [2.24, 2.45) is 0 Å². The molecule has 1 aromatic rings. The Morgan fingerprint density at radius 1 is 1.25 bits per heavy atom. The summed E-state index contributed by atoms with van der Waals surface area (Å²) < 4.78 is 0. The molecule has 2 heteroatoms. The third kappa shape index (κ3) is 1.09. The van der Waals surface area contributed by atoms with E-state index < -0.39 is 0 Å². The first-order valence-corrected chi connectivity index (χ1v) is 4.21. The third-order valence-electron chi connectivity index (χ3n) is 2.26. The van der Waals surface area contributed by atoms with E-state index in [2.05, 4.69) is 4.90 Å². The first-order chi connectivity index (χ1) is 5.92. The number of para-hydroxylation sites is 1. The highest BCUT2D eigenvalue weighted by atomic mass is 16.1. The third-order valence-corrected chi connectivity index (χ3v) is 2.26. The van der Waals surface area contributed by atoms with Crippen molar-refractivity contribution in [2.75, 3.05) is 18.0 Å². The van der Waals surface area contributed by atoms with Crippen LogP contribution in [0, 0.1) is 0 Å². The molecule has 0 spiro atoms. The van der Waals surface area contributed by atoms with Crippen LogP contribution in [0.1, 0.15) is 16.8 Å². The molecule has 0 atom stereocenters. The molecule has 1 aliphatic rings. The number of carbonyl (C=O) groups excluding carboxylic acids is 1. The standard InChI is InChI=1S/C10H11NO/c12-8-9-4-1-2-5-10(9)11-6-3-7-11/h1-2,4-5,8H,3,6-7H2. The lowest BCUT2D eigenvalue weighted by molar-refractivity contribution is 0.112. The number of hydrogen-bond donors (Lipinski definition) is 0. The minimum Gasteiger partial charge on any atom is -0.371 e. The fourth-order valence-electron chi connectivity index (χ4n) is 1.43. The number of anilines is 1. The van der Waals surface area contributed by atoms with Gasteiger partial charge in [0.05, 0.1) is 0 Å². The molecule has 0 amide bonds. The monoisotopic (exact) mass is 161 g/mol. The summed E-state index contributed by atoms with van der Waals surface area (Å²) in [5.41, 5.74) is 1.89. The molecular formula is C10H11NO. The Morgan fingerprint density at radius 3 is 2.58 bits per heavy atom. The summed E-state index contributed by atoms with van der Waals surface area (Å²) in [4.78, 5) is 12.9. The van der Waals surface area contributed by atoms with Crippen molar-refractivity contribution in [3.8, 4) is 0 Å². The van der Waals surface area contributed by atoms with E-state index in [1.165, 1.54) is 6.42 Å². The van der Waals surface area contributed by atoms with Crippen LogP contribution in [0.4, 0.5) is 5.69 Å². The number of hydrogen-bond acceptors (Lipinski definition) is 2. The summed E-state index contributed by atoms with van der Waals surface area (Å²) in [5.74, 6) is 0. The minimum absolute atomic E-state index is 0.803. The second-order valence-corrected chi connectivity index (χ2v) is 3.02. The van der Waals surface area contributed by atoms with E-state index >= 15 is 0 Å². The van der Waals surface area contributed by atoms with Crippen LogP contribution in [0.25, 0.3) is 0 Å². The molecule has 0 saturated carbocycles. The molecular weight excluding hydrogens is 150 g/mol. The van der Waals surface area contributed by atoms with Gasteiger partial charge in [-0.05, 0) is 18.6 Å². The normalized spacial score (nSPS) is 15.5. The van der Waals surface area contributed by atoms with Crippen LogP contribution >= 0.6 is 0 Å². The van der Waals surface area contributed by atoms with E-state index in [0.717, 1.165) is 30.6 Å². The second-order valence-electron chi connectivity index (χ2n) is 3.02. The van der Waals surface area contributed by atoms with Crippen molar-refractivity contribution < 1.29 is 4.79 Å². The van der Waals surface area contributed by atoms with E-state index in [1.54, 1.807) is 0 Å². The van der Waals surface area contributed by atoms with Crippen LogP contribution in [-0.2, 0) is 0 Å². The number of aldehydes is 1. The quantitative estimate of drug-likeness (QED) is 0.615. The fourth-order valence-corrected chi connectivity index (χ4v) is 1.43. The Morgan fingerprint density at radius 2 is 2.00 bits per heavy atom. The molecule has 1 aliphatic heterocycles. The van der Waals surface area contributed by atoms with E-state index in [4.69, 9.17) is 0 Å². The Labute approximate surface area is 71.8 Å². The van der Waals surface area contributed by atoms with Gasteiger partial charge in [0.1, 0.15) is 0 Å². The molecule has 2 nitrogen and oxygen atoms in total. The Kier molecular flexibility index (Phi) is 1.82. The van der Waals surface area contributed by atoms with Gasteiger partial charge in [-0.2, -0.15) is 0 Å². The molecule has 1 aromatic carbocycles. The SMILES string of the molecule is O=Cc1ccccc1N1CCC1. The molecule has 12 heavy (non-hydrogen) atoms. The van der Waals surface area contributed by atoms with Crippen LogP contribution in [0.15, 0.2) is 24.3 Å². The zero-order valence-corrected chi connectivity index (χ0v) is 6.86. The second kappa shape index (κ2) is 2.97. The van der Waals surface area contributed by atoms with Gasteiger partial charge in [0.2, 0.25) is 0 Å². The lowest BCUT2D eigenvalue weighted by Crippen LogP contribution is -2.37. The summed E-state index contributed by atoms with van der Waals surface area (Å²) in [7, 11) is 0. The zero-order chi connectivity index (χ0) is 8.39. The molecule has 0 aliphatic carbocycles. The number of benzene rings is 1. The van der Waals surface area contributed by atoms with Crippen molar-refractivity contribution in [1.82, 2.24) is 0 Å². The molecule has 0 aromatic heterocycles. The predicted octanol–water partition coefficient (Wildman–Crippen LogP) is 1.71. The number of carbonyl (C=O) groups is 1. The molecule has 1 heterocycles.